The monoisotopic (exact) mass is 303 g/mol. The molecule has 0 amide bonds. The van der Waals surface area contributed by atoms with Gasteiger partial charge in [0.05, 0.1) is 0 Å². The molecule has 118 valence electrons. The molecule has 2 aliphatic heterocycles. The first-order valence-corrected chi connectivity index (χ1v) is 9.34. The first-order chi connectivity index (χ1) is 9.48. The zero-order chi connectivity index (χ0) is 14.8. The number of likely N-dealkylation sites (N-methyl/N-ethyl adjacent to an activating group) is 1. The summed E-state index contributed by atoms with van der Waals surface area (Å²) in [6.07, 6.45) is 6.18. The van der Waals surface area contributed by atoms with E-state index in [9.17, 15) is 8.42 Å². The summed E-state index contributed by atoms with van der Waals surface area (Å²) >= 11 is 0. The standard InChI is InChI=1S/C14H29N3O2S/c1-12-8-4-6-10-16(12)20(18,19)17-11-7-5-9-14(17)13(2)15-3/h12-15H,4-11H2,1-3H3. The van der Waals surface area contributed by atoms with Crippen molar-refractivity contribution < 1.29 is 8.42 Å². The number of nitrogens with one attached hydrogen (secondary N) is 1. The van der Waals surface area contributed by atoms with Crippen molar-refractivity contribution in [3.8, 4) is 0 Å². The third kappa shape index (κ3) is 3.18. The van der Waals surface area contributed by atoms with Gasteiger partial charge < -0.3 is 5.32 Å². The number of hydrogen-bond donors (Lipinski definition) is 1. The normalized spacial score (nSPS) is 32.1. The van der Waals surface area contributed by atoms with E-state index in [1.54, 1.807) is 8.61 Å². The molecule has 3 unspecified atom stereocenters. The molecular formula is C14H29N3O2S. The largest absolute Gasteiger partial charge is 0.316 e. The van der Waals surface area contributed by atoms with Crippen molar-refractivity contribution in [2.24, 2.45) is 0 Å². The molecule has 2 heterocycles. The quantitative estimate of drug-likeness (QED) is 0.857. The summed E-state index contributed by atoms with van der Waals surface area (Å²) in [5.74, 6) is 0. The Hall–Kier alpha value is -0.170. The van der Waals surface area contributed by atoms with Gasteiger partial charge in [-0.1, -0.05) is 12.8 Å². The highest BCUT2D eigenvalue weighted by atomic mass is 32.2. The molecule has 6 heteroatoms. The van der Waals surface area contributed by atoms with E-state index in [0.29, 0.717) is 13.1 Å². The van der Waals surface area contributed by atoms with Gasteiger partial charge in [-0.05, 0) is 46.6 Å². The fourth-order valence-corrected chi connectivity index (χ4v) is 5.64. The van der Waals surface area contributed by atoms with Crippen LogP contribution < -0.4 is 5.32 Å². The SMILES string of the molecule is CNC(C)C1CCCCN1S(=O)(=O)N1CCCCC1C. The first-order valence-electron chi connectivity index (χ1n) is 7.94. The number of rotatable bonds is 4. The van der Waals surface area contributed by atoms with Gasteiger partial charge in [-0.2, -0.15) is 17.0 Å². The van der Waals surface area contributed by atoms with Crippen LogP contribution in [0.15, 0.2) is 0 Å². The molecule has 3 atom stereocenters. The van der Waals surface area contributed by atoms with E-state index in [2.05, 4.69) is 12.2 Å². The average molecular weight is 303 g/mol. The van der Waals surface area contributed by atoms with Crippen LogP contribution in [0.3, 0.4) is 0 Å². The number of piperidine rings is 2. The summed E-state index contributed by atoms with van der Waals surface area (Å²) in [6, 6.07) is 0.430. The van der Waals surface area contributed by atoms with E-state index in [1.165, 1.54) is 0 Å². The molecule has 0 spiro atoms. The predicted octanol–water partition coefficient (Wildman–Crippen LogP) is 1.57. The Balaban J connectivity index is 2.21. The van der Waals surface area contributed by atoms with Crippen LogP contribution in [-0.2, 0) is 10.2 Å². The third-order valence-corrected chi connectivity index (χ3v) is 7.05. The zero-order valence-electron chi connectivity index (χ0n) is 13.0. The fourth-order valence-electron chi connectivity index (χ4n) is 3.46. The summed E-state index contributed by atoms with van der Waals surface area (Å²) in [6.45, 7) is 5.47. The molecule has 0 aromatic carbocycles. The first kappa shape index (κ1) is 16.2. The highest BCUT2D eigenvalue weighted by Crippen LogP contribution is 2.28. The van der Waals surface area contributed by atoms with Crippen molar-refractivity contribution >= 4 is 10.2 Å². The van der Waals surface area contributed by atoms with Gasteiger partial charge in [-0.25, -0.2) is 0 Å². The van der Waals surface area contributed by atoms with Crippen LogP contribution in [0, 0.1) is 0 Å². The van der Waals surface area contributed by atoms with Crippen molar-refractivity contribution in [3.63, 3.8) is 0 Å². The van der Waals surface area contributed by atoms with Crippen molar-refractivity contribution in [1.29, 1.82) is 0 Å². The molecule has 0 aromatic rings. The highest BCUT2D eigenvalue weighted by molar-refractivity contribution is 7.86. The summed E-state index contributed by atoms with van der Waals surface area (Å²) < 4.78 is 29.5. The van der Waals surface area contributed by atoms with Gasteiger partial charge in [0, 0.05) is 31.2 Å². The Morgan fingerprint density at radius 2 is 1.65 bits per heavy atom. The van der Waals surface area contributed by atoms with Crippen LogP contribution in [0.25, 0.3) is 0 Å². The zero-order valence-corrected chi connectivity index (χ0v) is 13.8. The molecule has 5 nitrogen and oxygen atoms in total. The molecule has 2 aliphatic rings. The number of nitrogens with zero attached hydrogens (tertiary/aromatic N) is 2. The minimum Gasteiger partial charge on any atom is -0.316 e. The van der Waals surface area contributed by atoms with Crippen molar-refractivity contribution in [2.75, 3.05) is 20.1 Å². The second-order valence-electron chi connectivity index (χ2n) is 6.21. The van der Waals surface area contributed by atoms with Crippen LogP contribution >= 0.6 is 0 Å². The van der Waals surface area contributed by atoms with Gasteiger partial charge in [-0.3, -0.25) is 0 Å². The topological polar surface area (TPSA) is 52.7 Å². The maximum atomic E-state index is 13.0. The van der Waals surface area contributed by atoms with Crippen LogP contribution in [0.1, 0.15) is 52.4 Å². The smallest absolute Gasteiger partial charge is 0.282 e. The van der Waals surface area contributed by atoms with Crippen LogP contribution in [0.2, 0.25) is 0 Å². The van der Waals surface area contributed by atoms with Gasteiger partial charge in [-0.15, -0.1) is 0 Å². The van der Waals surface area contributed by atoms with Gasteiger partial charge in [0.25, 0.3) is 10.2 Å². The summed E-state index contributed by atoms with van der Waals surface area (Å²) in [7, 11) is -1.40. The second kappa shape index (κ2) is 6.73. The lowest BCUT2D eigenvalue weighted by Crippen LogP contribution is -2.58. The lowest BCUT2D eigenvalue weighted by Gasteiger charge is -2.43. The Morgan fingerprint density at radius 1 is 1.05 bits per heavy atom. The molecule has 20 heavy (non-hydrogen) atoms. The summed E-state index contributed by atoms with van der Waals surface area (Å²) in [5, 5.41) is 3.23. The molecule has 0 bridgehead atoms. The Morgan fingerprint density at radius 3 is 2.25 bits per heavy atom. The lowest BCUT2D eigenvalue weighted by molar-refractivity contribution is 0.180. The van der Waals surface area contributed by atoms with E-state index in [4.69, 9.17) is 0 Å². The second-order valence-corrected chi connectivity index (χ2v) is 8.05. The van der Waals surface area contributed by atoms with Crippen LogP contribution in [-0.4, -0.2) is 55.3 Å². The minimum absolute atomic E-state index is 0.0906. The van der Waals surface area contributed by atoms with Crippen LogP contribution in [0.5, 0.6) is 0 Å². The summed E-state index contributed by atoms with van der Waals surface area (Å²) in [5.41, 5.74) is 0. The van der Waals surface area contributed by atoms with E-state index in [1.807, 2.05) is 14.0 Å². The third-order valence-electron chi connectivity index (χ3n) is 4.87. The van der Waals surface area contributed by atoms with E-state index in [-0.39, 0.29) is 18.1 Å². The van der Waals surface area contributed by atoms with E-state index >= 15 is 0 Å². The molecule has 0 radical (unpaired) electrons. The molecule has 0 aliphatic carbocycles. The van der Waals surface area contributed by atoms with Gasteiger partial charge >= 0.3 is 0 Å². The maximum absolute atomic E-state index is 13.0. The molecule has 1 N–H and O–H groups in total. The van der Waals surface area contributed by atoms with Crippen molar-refractivity contribution in [1.82, 2.24) is 13.9 Å². The maximum Gasteiger partial charge on any atom is 0.282 e. The van der Waals surface area contributed by atoms with Gasteiger partial charge in [0.15, 0.2) is 0 Å². The average Bonchev–Trinajstić information content (AvgIpc) is 2.46. The van der Waals surface area contributed by atoms with Gasteiger partial charge in [0.2, 0.25) is 0 Å². The molecule has 2 fully saturated rings. The molecule has 2 saturated heterocycles. The molecular weight excluding hydrogens is 274 g/mol. The fraction of sp³-hybridized carbons (Fsp3) is 1.00. The van der Waals surface area contributed by atoms with Crippen molar-refractivity contribution in [2.45, 2.75) is 70.5 Å². The van der Waals surface area contributed by atoms with Gasteiger partial charge in [0.1, 0.15) is 0 Å². The lowest BCUT2D eigenvalue weighted by atomic mass is 9.99. The Bertz CT molecular complexity index is 413. The van der Waals surface area contributed by atoms with E-state index in [0.717, 1.165) is 38.5 Å². The van der Waals surface area contributed by atoms with Crippen molar-refractivity contribution in [3.05, 3.63) is 0 Å². The predicted molar refractivity (Wildman–Crippen MR) is 81.8 cm³/mol. The molecule has 0 saturated carbocycles. The Kier molecular flexibility index (Phi) is 5.45. The summed E-state index contributed by atoms with van der Waals surface area (Å²) in [4.78, 5) is 0. The van der Waals surface area contributed by atoms with Crippen LogP contribution in [0.4, 0.5) is 0 Å². The van der Waals surface area contributed by atoms with E-state index < -0.39 is 10.2 Å². The molecule has 2 rings (SSSR count). The number of hydrogen-bond acceptors (Lipinski definition) is 3. The highest BCUT2D eigenvalue weighted by Gasteiger charge is 2.40. The minimum atomic E-state index is -3.31. The molecule has 0 aromatic heterocycles. The Labute approximate surface area is 123 Å².